The fourth-order valence-electron chi connectivity index (χ4n) is 10.9. The van der Waals surface area contributed by atoms with Crippen molar-refractivity contribution in [1.82, 2.24) is 0 Å². The first-order chi connectivity index (χ1) is 29.0. The van der Waals surface area contributed by atoms with Crippen molar-refractivity contribution in [1.29, 1.82) is 0 Å². The van der Waals surface area contributed by atoms with Crippen molar-refractivity contribution in [3.8, 4) is 55.6 Å². The van der Waals surface area contributed by atoms with E-state index >= 15 is 0 Å². The predicted octanol–water partition coefficient (Wildman–Crippen LogP) is 15.1. The number of para-hydroxylation sites is 1. The van der Waals surface area contributed by atoms with Gasteiger partial charge in [-0.2, -0.15) is 0 Å². The minimum absolute atomic E-state index is 0.135. The molecular formula is C58H41N. The van der Waals surface area contributed by atoms with Gasteiger partial charge in [0, 0.05) is 22.4 Å². The van der Waals surface area contributed by atoms with Crippen molar-refractivity contribution in [2.24, 2.45) is 0 Å². The second-order valence-electron chi connectivity index (χ2n) is 16.8. The Morgan fingerprint density at radius 2 is 0.712 bits per heavy atom. The third-order valence-electron chi connectivity index (χ3n) is 13.5. The standard InChI is InChI=1S/C58H41N/c1-57(2)50-25-13-9-22-44(50)47-33-30-41(36-53(47)57)59(56-28-16-12-21-43(56)39-19-7-4-8-20-39)42-31-34-49-48-32-29-40(38-17-5-3-6-18-38)35-54(48)58(55(49)37-42)51-26-14-10-23-45(51)46-24-11-15-27-52(46)58/h3-37H,1-2H3. The molecule has 9 aromatic carbocycles. The summed E-state index contributed by atoms with van der Waals surface area (Å²) in [7, 11) is 0. The van der Waals surface area contributed by atoms with Gasteiger partial charge in [0.05, 0.1) is 11.1 Å². The van der Waals surface area contributed by atoms with Gasteiger partial charge in [0.15, 0.2) is 0 Å². The zero-order chi connectivity index (χ0) is 39.3. The van der Waals surface area contributed by atoms with Gasteiger partial charge in [-0.3, -0.25) is 0 Å². The van der Waals surface area contributed by atoms with Crippen molar-refractivity contribution >= 4 is 17.1 Å². The van der Waals surface area contributed by atoms with E-state index in [4.69, 9.17) is 0 Å². The third kappa shape index (κ3) is 4.73. The van der Waals surface area contributed by atoms with E-state index in [-0.39, 0.29) is 5.41 Å². The predicted molar refractivity (Wildman–Crippen MR) is 246 cm³/mol. The van der Waals surface area contributed by atoms with Crippen LogP contribution >= 0.6 is 0 Å². The number of rotatable bonds is 5. The molecular weight excluding hydrogens is 711 g/mol. The first-order valence-corrected chi connectivity index (χ1v) is 20.8. The van der Waals surface area contributed by atoms with Crippen molar-refractivity contribution in [2.45, 2.75) is 24.7 Å². The van der Waals surface area contributed by atoms with Crippen molar-refractivity contribution in [2.75, 3.05) is 4.90 Å². The fraction of sp³-hybridized carbons (Fsp3) is 0.0690. The molecule has 0 amide bonds. The summed E-state index contributed by atoms with van der Waals surface area (Å²) in [5.41, 5.74) is 23.6. The Bertz CT molecular complexity index is 3090. The van der Waals surface area contributed by atoms with Crippen LogP contribution in [0.4, 0.5) is 17.1 Å². The molecule has 0 N–H and O–H groups in total. The van der Waals surface area contributed by atoms with Gasteiger partial charge in [0.2, 0.25) is 0 Å². The molecule has 0 atom stereocenters. The van der Waals surface area contributed by atoms with Crippen LogP contribution in [0.2, 0.25) is 0 Å². The van der Waals surface area contributed by atoms with E-state index in [1.54, 1.807) is 0 Å². The van der Waals surface area contributed by atoms with Gasteiger partial charge in [-0.25, -0.2) is 0 Å². The fourth-order valence-corrected chi connectivity index (χ4v) is 10.9. The molecule has 0 saturated heterocycles. The lowest BCUT2D eigenvalue weighted by Gasteiger charge is -2.33. The minimum atomic E-state index is -0.495. The summed E-state index contributed by atoms with van der Waals surface area (Å²) >= 11 is 0. The molecule has 0 unspecified atom stereocenters. The monoisotopic (exact) mass is 751 g/mol. The summed E-state index contributed by atoms with van der Waals surface area (Å²) in [6, 6.07) is 79.3. The lowest BCUT2D eigenvalue weighted by Crippen LogP contribution is -2.26. The molecule has 0 aliphatic heterocycles. The number of benzene rings is 9. The van der Waals surface area contributed by atoms with Crippen LogP contribution in [-0.2, 0) is 10.8 Å². The molecule has 0 bridgehead atoms. The summed E-state index contributed by atoms with van der Waals surface area (Å²) in [6.07, 6.45) is 0. The van der Waals surface area contributed by atoms with E-state index in [0.717, 1.165) is 17.1 Å². The Balaban J connectivity index is 1.14. The molecule has 0 saturated carbocycles. The zero-order valence-electron chi connectivity index (χ0n) is 33.2. The largest absolute Gasteiger partial charge is 0.310 e. The Kier molecular flexibility index (Phi) is 7.26. The summed E-state index contributed by atoms with van der Waals surface area (Å²) in [4.78, 5) is 2.51. The minimum Gasteiger partial charge on any atom is -0.310 e. The highest BCUT2D eigenvalue weighted by atomic mass is 15.1. The molecule has 1 heteroatoms. The quantitative estimate of drug-likeness (QED) is 0.169. The normalized spacial score (nSPS) is 14.2. The van der Waals surface area contributed by atoms with Gasteiger partial charge in [-0.05, 0) is 120 Å². The highest BCUT2D eigenvalue weighted by Crippen LogP contribution is 2.64. The molecule has 0 radical (unpaired) electrons. The highest BCUT2D eigenvalue weighted by molar-refractivity contribution is 5.98. The number of anilines is 3. The van der Waals surface area contributed by atoms with E-state index in [9.17, 15) is 0 Å². The van der Waals surface area contributed by atoms with Gasteiger partial charge < -0.3 is 4.90 Å². The topological polar surface area (TPSA) is 3.24 Å². The Labute approximate surface area is 346 Å². The van der Waals surface area contributed by atoms with Crippen LogP contribution in [0.3, 0.4) is 0 Å². The summed E-state index contributed by atoms with van der Waals surface area (Å²) in [5.74, 6) is 0. The van der Waals surface area contributed by atoms with E-state index in [2.05, 4.69) is 231 Å². The molecule has 1 spiro atoms. The van der Waals surface area contributed by atoms with Crippen molar-refractivity contribution in [3.63, 3.8) is 0 Å². The van der Waals surface area contributed by atoms with Gasteiger partial charge in [-0.1, -0.05) is 190 Å². The Morgan fingerprint density at radius 1 is 0.288 bits per heavy atom. The maximum atomic E-state index is 2.52. The Morgan fingerprint density at radius 3 is 1.34 bits per heavy atom. The van der Waals surface area contributed by atoms with E-state index in [1.165, 1.54) is 89.0 Å². The molecule has 0 heterocycles. The molecule has 3 aliphatic carbocycles. The van der Waals surface area contributed by atoms with E-state index < -0.39 is 5.41 Å². The second kappa shape index (κ2) is 12.6. The SMILES string of the molecule is CC1(C)c2ccccc2-c2ccc(N(c3ccc4c(c3)C3(c5ccccc5-c5ccccc53)c3cc(-c5ccccc5)ccc3-4)c3ccccc3-c3ccccc3)cc21. The van der Waals surface area contributed by atoms with Crippen LogP contribution in [-0.4, -0.2) is 0 Å². The van der Waals surface area contributed by atoms with Gasteiger partial charge in [0.1, 0.15) is 0 Å². The number of nitrogens with zero attached hydrogens (tertiary/aromatic N) is 1. The second-order valence-corrected chi connectivity index (χ2v) is 16.8. The van der Waals surface area contributed by atoms with Crippen LogP contribution in [0, 0.1) is 0 Å². The lowest BCUT2D eigenvalue weighted by atomic mass is 9.70. The molecule has 59 heavy (non-hydrogen) atoms. The van der Waals surface area contributed by atoms with Gasteiger partial charge in [-0.15, -0.1) is 0 Å². The molecule has 1 nitrogen and oxygen atoms in total. The average molecular weight is 752 g/mol. The smallest absolute Gasteiger partial charge is 0.0726 e. The van der Waals surface area contributed by atoms with Crippen LogP contribution in [0.25, 0.3) is 55.6 Å². The summed E-state index contributed by atoms with van der Waals surface area (Å²) < 4.78 is 0. The van der Waals surface area contributed by atoms with Gasteiger partial charge >= 0.3 is 0 Å². The Hall–Kier alpha value is -7.22. The van der Waals surface area contributed by atoms with Crippen molar-refractivity contribution < 1.29 is 0 Å². The lowest BCUT2D eigenvalue weighted by molar-refractivity contribution is 0.660. The van der Waals surface area contributed by atoms with Gasteiger partial charge in [0.25, 0.3) is 0 Å². The van der Waals surface area contributed by atoms with Crippen molar-refractivity contribution in [3.05, 3.63) is 246 Å². The van der Waals surface area contributed by atoms with Crippen LogP contribution in [0.5, 0.6) is 0 Å². The highest BCUT2D eigenvalue weighted by Gasteiger charge is 2.52. The third-order valence-corrected chi connectivity index (χ3v) is 13.5. The maximum Gasteiger partial charge on any atom is 0.0726 e. The number of hydrogen-bond donors (Lipinski definition) is 0. The summed E-state index contributed by atoms with van der Waals surface area (Å²) in [5, 5.41) is 0. The van der Waals surface area contributed by atoms with Crippen LogP contribution < -0.4 is 4.90 Å². The number of hydrogen-bond acceptors (Lipinski definition) is 1. The van der Waals surface area contributed by atoms with Crippen LogP contribution in [0.15, 0.2) is 212 Å². The number of fused-ring (bicyclic) bond motifs is 13. The molecule has 0 aromatic heterocycles. The first-order valence-electron chi connectivity index (χ1n) is 20.8. The van der Waals surface area contributed by atoms with E-state index in [0.29, 0.717) is 0 Å². The molecule has 9 aromatic rings. The average Bonchev–Trinajstić information content (AvgIpc) is 3.85. The zero-order valence-corrected chi connectivity index (χ0v) is 33.2. The maximum absolute atomic E-state index is 2.52. The molecule has 0 fully saturated rings. The van der Waals surface area contributed by atoms with E-state index in [1.807, 2.05) is 0 Å². The molecule has 3 aliphatic rings. The van der Waals surface area contributed by atoms with Crippen LogP contribution in [0.1, 0.15) is 47.2 Å². The first kappa shape index (κ1) is 33.9. The molecule has 278 valence electrons. The summed E-state index contributed by atoms with van der Waals surface area (Å²) in [6.45, 7) is 4.75. The molecule has 12 rings (SSSR count).